The minimum atomic E-state index is -2.64. The van der Waals surface area contributed by atoms with Crippen LogP contribution in [0.4, 0.5) is 29.6 Å². The predicted octanol–water partition coefficient (Wildman–Crippen LogP) is 4.30. The van der Waals surface area contributed by atoms with Crippen molar-refractivity contribution in [2.24, 2.45) is 0 Å². The summed E-state index contributed by atoms with van der Waals surface area (Å²) < 4.78 is 53.7. The molecule has 40 heavy (non-hydrogen) atoms. The van der Waals surface area contributed by atoms with Crippen molar-refractivity contribution in [1.29, 1.82) is 0 Å². The molecule has 1 aliphatic rings. The third kappa shape index (κ3) is 6.72. The molecule has 1 saturated heterocycles. The van der Waals surface area contributed by atoms with Crippen LogP contribution in [0.3, 0.4) is 0 Å². The number of aryl methyl sites for hydroxylation is 1. The normalized spacial score (nSPS) is 16.0. The van der Waals surface area contributed by atoms with E-state index in [1.165, 1.54) is 21.7 Å². The fourth-order valence-electron chi connectivity index (χ4n) is 4.36. The van der Waals surface area contributed by atoms with Gasteiger partial charge in [-0.3, -0.25) is 4.79 Å². The van der Waals surface area contributed by atoms with Crippen LogP contribution in [-0.2, 0) is 4.74 Å². The van der Waals surface area contributed by atoms with Crippen LogP contribution in [0.2, 0.25) is 0 Å². The lowest BCUT2D eigenvalue weighted by Gasteiger charge is -2.41. The van der Waals surface area contributed by atoms with E-state index in [1.54, 1.807) is 45.7 Å². The Labute approximate surface area is 229 Å². The number of hydrogen-bond acceptors (Lipinski definition) is 8. The first-order valence-electron chi connectivity index (χ1n) is 12.8. The van der Waals surface area contributed by atoms with Gasteiger partial charge in [-0.1, -0.05) is 0 Å². The minimum Gasteiger partial charge on any atom is -0.477 e. The van der Waals surface area contributed by atoms with Crippen LogP contribution >= 0.6 is 0 Å². The number of hydrogen-bond donors (Lipinski definition) is 1. The number of nitrogens with one attached hydrogen (secondary N) is 1. The van der Waals surface area contributed by atoms with E-state index < -0.39 is 42.3 Å². The Morgan fingerprint density at radius 2 is 1.95 bits per heavy atom. The van der Waals surface area contributed by atoms with Crippen molar-refractivity contribution >= 4 is 29.3 Å². The highest BCUT2D eigenvalue weighted by Crippen LogP contribution is 2.26. The number of halogens is 3. The Kier molecular flexibility index (Phi) is 8.35. The molecule has 0 aliphatic carbocycles. The molecule has 1 N–H and O–H groups in total. The summed E-state index contributed by atoms with van der Waals surface area (Å²) in [6, 6.07) is 0.310. The molecule has 0 unspecified atom stereocenters. The van der Waals surface area contributed by atoms with Crippen molar-refractivity contribution in [2.75, 3.05) is 36.5 Å². The van der Waals surface area contributed by atoms with E-state index in [2.05, 4.69) is 20.3 Å². The average Bonchev–Trinajstić information content (AvgIpc) is 3.23. The molecular weight excluding hydrogens is 531 g/mol. The largest absolute Gasteiger partial charge is 0.477 e. The van der Waals surface area contributed by atoms with Crippen molar-refractivity contribution in [1.82, 2.24) is 24.3 Å². The number of aromatic nitrogens is 4. The van der Waals surface area contributed by atoms with Crippen LogP contribution in [0, 0.1) is 12.7 Å². The second-order valence-electron chi connectivity index (χ2n) is 10.4. The Balaban J connectivity index is 1.54. The first-order valence-corrected chi connectivity index (χ1v) is 12.8. The SMILES string of the molecule is CCOc1nc(N2CCN(C(=O)OC(C)(C)C)[C@@H](CC(F)F)C2)ncc1C(=O)Nc1cc(F)c2nc(C)cn2c1. The number of amides is 2. The van der Waals surface area contributed by atoms with E-state index in [4.69, 9.17) is 9.47 Å². The second kappa shape index (κ2) is 11.6. The number of fused-ring (bicyclic) bond motifs is 1. The molecular formula is C26H32F3N7O4. The highest BCUT2D eigenvalue weighted by atomic mass is 19.3. The molecule has 1 fully saturated rings. The van der Waals surface area contributed by atoms with Crippen LogP contribution in [-0.4, -0.2) is 80.6 Å². The van der Waals surface area contributed by atoms with E-state index in [1.807, 2.05) is 0 Å². The molecule has 0 saturated carbocycles. The number of alkyl halides is 2. The molecule has 3 aromatic heterocycles. The van der Waals surface area contributed by atoms with Gasteiger partial charge in [0.2, 0.25) is 18.3 Å². The lowest BCUT2D eigenvalue weighted by atomic mass is 10.1. The molecule has 3 aromatic rings. The molecule has 2 amide bonds. The van der Waals surface area contributed by atoms with Gasteiger partial charge in [-0.25, -0.2) is 27.9 Å². The zero-order chi connectivity index (χ0) is 29.2. The average molecular weight is 564 g/mol. The van der Waals surface area contributed by atoms with Crippen LogP contribution in [0.5, 0.6) is 5.88 Å². The maximum atomic E-state index is 14.5. The summed E-state index contributed by atoms with van der Waals surface area (Å²) in [6.45, 7) is 9.14. The number of imidazole rings is 1. The highest BCUT2D eigenvalue weighted by Gasteiger charge is 2.36. The standard InChI is InChI=1S/C26H32F3N7O4/c1-6-39-23-18(22(37)32-16-9-19(27)21-31-15(2)12-35(21)13-16)11-30-24(33-23)34-7-8-36(17(14-34)10-20(28)29)25(38)40-26(3,4)5/h9,11-13,17,20H,6-8,10,14H2,1-5H3,(H,32,37)/t17-/m0/s1. The molecule has 14 heteroatoms. The molecule has 0 bridgehead atoms. The van der Waals surface area contributed by atoms with Crippen LogP contribution < -0.4 is 15.0 Å². The van der Waals surface area contributed by atoms with Gasteiger partial charge in [0.05, 0.1) is 24.0 Å². The number of carbonyl (C=O) groups excluding carboxylic acids is 2. The monoisotopic (exact) mass is 563 g/mol. The topological polar surface area (TPSA) is 114 Å². The zero-order valence-electron chi connectivity index (χ0n) is 22.9. The lowest BCUT2D eigenvalue weighted by molar-refractivity contribution is 0.00508. The highest BCUT2D eigenvalue weighted by molar-refractivity contribution is 6.05. The Morgan fingerprint density at radius 1 is 1.20 bits per heavy atom. The predicted molar refractivity (Wildman–Crippen MR) is 141 cm³/mol. The molecule has 1 aliphatic heterocycles. The van der Waals surface area contributed by atoms with Gasteiger partial charge >= 0.3 is 6.09 Å². The summed E-state index contributed by atoms with van der Waals surface area (Å²) in [7, 11) is 0. The number of ether oxygens (including phenoxy) is 2. The maximum Gasteiger partial charge on any atom is 0.410 e. The second-order valence-corrected chi connectivity index (χ2v) is 10.4. The minimum absolute atomic E-state index is 0.00411. The Hall–Kier alpha value is -4.10. The molecule has 0 radical (unpaired) electrons. The molecule has 0 aromatic carbocycles. The van der Waals surface area contributed by atoms with Crippen molar-refractivity contribution in [3.8, 4) is 5.88 Å². The van der Waals surface area contributed by atoms with E-state index in [9.17, 15) is 22.8 Å². The number of piperazine rings is 1. The van der Waals surface area contributed by atoms with Crippen molar-refractivity contribution < 1.29 is 32.2 Å². The smallest absolute Gasteiger partial charge is 0.410 e. The van der Waals surface area contributed by atoms with Gasteiger partial charge in [-0.15, -0.1) is 0 Å². The summed E-state index contributed by atoms with van der Waals surface area (Å²) in [5, 5.41) is 2.62. The number of rotatable bonds is 7. The van der Waals surface area contributed by atoms with E-state index in [0.29, 0.717) is 5.69 Å². The number of anilines is 2. The van der Waals surface area contributed by atoms with Crippen molar-refractivity contribution in [3.05, 3.63) is 41.7 Å². The number of carbonyl (C=O) groups is 2. The fourth-order valence-corrected chi connectivity index (χ4v) is 4.36. The maximum absolute atomic E-state index is 14.5. The molecule has 4 heterocycles. The molecule has 11 nitrogen and oxygen atoms in total. The first-order chi connectivity index (χ1) is 18.8. The van der Waals surface area contributed by atoms with Gasteiger partial charge in [-0.05, 0) is 34.6 Å². The summed E-state index contributed by atoms with van der Waals surface area (Å²) in [5.41, 5.74) is 0.171. The molecule has 1 atom stereocenters. The lowest BCUT2D eigenvalue weighted by Crippen LogP contribution is -2.57. The zero-order valence-corrected chi connectivity index (χ0v) is 22.9. The summed E-state index contributed by atoms with van der Waals surface area (Å²) in [6.07, 6.45) is 0.561. The van der Waals surface area contributed by atoms with Gasteiger partial charge in [0.1, 0.15) is 11.2 Å². The molecule has 216 valence electrons. The van der Waals surface area contributed by atoms with E-state index >= 15 is 0 Å². The first kappa shape index (κ1) is 28.9. The van der Waals surface area contributed by atoms with Crippen molar-refractivity contribution in [3.63, 3.8) is 0 Å². The van der Waals surface area contributed by atoms with E-state index in [-0.39, 0.29) is 55.0 Å². The van der Waals surface area contributed by atoms with Gasteiger partial charge in [0.25, 0.3) is 5.91 Å². The quantitative estimate of drug-likeness (QED) is 0.453. The van der Waals surface area contributed by atoms with Gasteiger partial charge < -0.3 is 29.0 Å². The van der Waals surface area contributed by atoms with Gasteiger partial charge in [-0.2, -0.15) is 4.98 Å². The Bertz CT molecular complexity index is 1390. The molecule has 4 rings (SSSR count). The summed E-state index contributed by atoms with van der Waals surface area (Å²) in [4.78, 5) is 41.5. The van der Waals surface area contributed by atoms with Gasteiger partial charge in [0.15, 0.2) is 11.5 Å². The van der Waals surface area contributed by atoms with Gasteiger partial charge in [0, 0.05) is 50.7 Å². The number of pyridine rings is 1. The van der Waals surface area contributed by atoms with E-state index in [0.717, 1.165) is 6.07 Å². The molecule has 0 spiro atoms. The summed E-state index contributed by atoms with van der Waals surface area (Å²) in [5.74, 6) is -1.10. The van der Waals surface area contributed by atoms with Crippen LogP contribution in [0.25, 0.3) is 5.65 Å². The van der Waals surface area contributed by atoms with Crippen LogP contribution in [0.1, 0.15) is 50.2 Å². The van der Waals surface area contributed by atoms with Crippen LogP contribution in [0.15, 0.2) is 24.7 Å². The third-order valence-electron chi connectivity index (χ3n) is 6.00. The number of nitrogens with zero attached hydrogens (tertiary/aromatic N) is 6. The Morgan fingerprint density at radius 3 is 2.62 bits per heavy atom. The summed E-state index contributed by atoms with van der Waals surface area (Å²) >= 11 is 0. The fraction of sp³-hybridized carbons (Fsp3) is 0.500. The van der Waals surface area contributed by atoms with Crippen molar-refractivity contribution in [2.45, 2.75) is 59.1 Å². The third-order valence-corrected chi connectivity index (χ3v) is 6.00.